The molecule has 0 saturated carbocycles. The molecule has 0 amide bonds. The molecule has 0 aliphatic heterocycles. The van der Waals surface area contributed by atoms with Gasteiger partial charge >= 0.3 is 49.9 Å². The van der Waals surface area contributed by atoms with Crippen LogP contribution >= 0.6 is 0 Å². The minimum Gasteiger partial charge on any atom is -0.0617 e. The van der Waals surface area contributed by atoms with E-state index in [0.717, 1.165) is 18.8 Å². The van der Waals surface area contributed by atoms with Crippen molar-refractivity contribution in [2.24, 2.45) is 5.92 Å². The number of hydrogen-bond donors (Lipinski definition) is 0. The Morgan fingerprint density at radius 3 is 1.65 bits per heavy atom. The maximum absolute atomic E-state index is 4.23. The molecule has 34 heavy (non-hydrogen) atoms. The molecular weight excluding hydrogens is 407 g/mol. The van der Waals surface area contributed by atoms with Crippen LogP contribution in [0.1, 0.15) is 123 Å². The number of rotatable bonds is 11. The van der Waals surface area contributed by atoms with Gasteiger partial charge in [0.05, 0.1) is 0 Å². The number of allylic oxidation sites excluding steroid dienone is 1. The standard InChI is InChI=1S/C13H26.C9H12.C7H9B.C4H10/c1-5-8-11-12(4)13(9-6-2)10-7-3;1-3-9-6-4-5-8(2)7-9;1-2-7-3-5-8-6-4-7;1-3-4-2/h13H,4-11H2,1-3H3;4-7H,3H2,1-2H3;3-6H,2H2,1H3;3-4H2,1-2H3. The molecule has 0 saturated heterocycles. The van der Waals surface area contributed by atoms with Crippen LogP contribution in [0.15, 0.2) is 60.5 Å². The van der Waals surface area contributed by atoms with Gasteiger partial charge in [-0.05, 0) is 50.5 Å². The molecule has 1 aromatic carbocycles. The Bertz CT molecular complexity index is 666. The van der Waals surface area contributed by atoms with Crippen LogP contribution in [0.3, 0.4) is 0 Å². The summed E-state index contributed by atoms with van der Waals surface area (Å²) in [7, 11) is 0. The maximum Gasteiger partial charge on any atom is -0.0307 e. The van der Waals surface area contributed by atoms with Gasteiger partial charge in [0, 0.05) is 0 Å². The average Bonchev–Trinajstić information content (AvgIpc) is 2.88. The van der Waals surface area contributed by atoms with Gasteiger partial charge in [-0.1, -0.05) is 116 Å². The Labute approximate surface area is 215 Å². The summed E-state index contributed by atoms with van der Waals surface area (Å²) >= 11 is 0. The zero-order valence-corrected chi connectivity index (χ0v) is 24.3. The second kappa shape index (κ2) is 26.0. The van der Waals surface area contributed by atoms with Gasteiger partial charge < -0.3 is 0 Å². The molecule has 0 unspecified atom stereocenters. The molecule has 0 radical (unpaired) electrons. The van der Waals surface area contributed by atoms with Crippen LogP contribution in [-0.2, 0) is 12.8 Å². The molecule has 192 valence electrons. The van der Waals surface area contributed by atoms with Crippen LogP contribution in [0.5, 0.6) is 0 Å². The van der Waals surface area contributed by atoms with E-state index < -0.39 is 0 Å². The smallest absolute Gasteiger partial charge is 0.0307 e. The monoisotopic (exact) mass is 464 g/mol. The Hall–Kier alpha value is -1.63. The second-order valence-corrected chi connectivity index (χ2v) is 9.22. The van der Waals surface area contributed by atoms with Crippen LogP contribution in [0, 0.1) is 12.8 Å². The minimum atomic E-state index is 0.807. The van der Waals surface area contributed by atoms with E-state index in [2.05, 4.69) is 110 Å². The van der Waals surface area contributed by atoms with Crippen LogP contribution in [0.25, 0.3) is 0 Å². The number of unbranched alkanes of at least 4 members (excludes halogenated alkanes) is 2. The molecule has 0 aliphatic carbocycles. The summed E-state index contributed by atoms with van der Waals surface area (Å²) in [6.07, 6.45) is 14.1. The molecule has 0 nitrogen and oxygen atoms in total. The molecular formula is C33H57B. The first kappa shape index (κ1) is 34.5. The summed E-state index contributed by atoms with van der Waals surface area (Å²) in [5.41, 5.74) is 5.70. The van der Waals surface area contributed by atoms with Gasteiger partial charge in [0.15, 0.2) is 0 Å². The van der Waals surface area contributed by atoms with Crippen molar-refractivity contribution in [3.63, 3.8) is 0 Å². The van der Waals surface area contributed by atoms with Crippen LogP contribution in [0.2, 0.25) is 0 Å². The van der Waals surface area contributed by atoms with Crippen molar-refractivity contribution >= 4 is 6.91 Å². The van der Waals surface area contributed by atoms with Crippen molar-refractivity contribution in [2.75, 3.05) is 0 Å². The summed E-state index contributed by atoms with van der Waals surface area (Å²) in [6, 6.07) is 12.9. The second-order valence-electron chi connectivity index (χ2n) is 9.22. The Balaban J connectivity index is 0. The molecule has 0 N–H and O–H groups in total. The third-order valence-corrected chi connectivity index (χ3v) is 5.94. The molecule has 1 heterocycles. The van der Waals surface area contributed by atoms with Crippen LogP contribution in [-0.4, -0.2) is 6.91 Å². The zero-order chi connectivity index (χ0) is 26.0. The van der Waals surface area contributed by atoms with Gasteiger partial charge in [-0.15, -0.1) is 0 Å². The molecule has 2 aromatic rings. The number of aryl methyl sites for hydroxylation is 3. The van der Waals surface area contributed by atoms with Gasteiger partial charge in [0.25, 0.3) is 0 Å². The van der Waals surface area contributed by atoms with E-state index >= 15 is 0 Å². The summed E-state index contributed by atoms with van der Waals surface area (Å²) in [4.78, 5) is 0. The molecule has 0 fully saturated rings. The molecule has 2 rings (SSSR count). The largest absolute Gasteiger partial charge is 0.0617 e. The third-order valence-electron chi connectivity index (χ3n) is 5.94. The van der Waals surface area contributed by atoms with Crippen molar-refractivity contribution in [3.8, 4) is 0 Å². The normalized spacial score (nSPS) is 9.56. The summed E-state index contributed by atoms with van der Waals surface area (Å²) in [6.45, 7) is 23.9. The van der Waals surface area contributed by atoms with Gasteiger partial charge in [-0.2, -0.15) is 0 Å². The van der Waals surface area contributed by atoms with E-state index in [-0.39, 0.29) is 0 Å². The first-order chi connectivity index (χ1) is 16.4. The number of benzene rings is 1. The van der Waals surface area contributed by atoms with E-state index in [4.69, 9.17) is 0 Å². The average molecular weight is 465 g/mol. The van der Waals surface area contributed by atoms with Crippen LogP contribution in [0.4, 0.5) is 0 Å². The Morgan fingerprint density at radius 2 is 1.29 bits per heavy atom. The van der Waals surface area contributed by atoms with Crippen molar-refractivity contribution in [3.05, 3.63) is 77.2 Å². The van der Waals surface area contributed by atoms with Crippen LogP contribution < -0.4 is 0 Å². The fourth-order valence-corrected chi connectivity index (χ4v) is 3.50. The Kier molecular flexibility index (Phi) is 26.4. The zero-order valence-electron chi connectivity index (χ0n) is 24.3. The maximum atomic E-state index is 4.23. The molecule has 0 bridgehead atoms. The topological polar surface area (TPSA) is 0 Å². The predicted octanol–water partition coefficient (Wildman–Crippen LogP) is 10.9. The van der Waals surface area contributed by atoms with E-state index in [1.807, 2.05) is 6.91 Å². The third kappa shape index (κ3) is 20.9. The summed E-state index contributed by atoms with van der Waals surface area (Å²) in [5, 5.41) is 0. The predicted molar refractivity (Wildman–Crippen MR) is 160 cm³/mol. The molecule has 0 atom stereocenters. The Morgan fingerprint density at radius 1 is 0.735 bits per heavy atom. The van der Waals surface area contributed by atoms with Crippen molar-refractivity contribution < 1.29 is 0 Å². The SMILES string of the molecule is C=C(CCCC)C(CCC)CCC.CCCC.CCc1ccbcc1.CCc1cccc(C)c1. The first-order valence-corrected chi connectivity index (χ1v) is 14.2. The van der Waals surface area contributed by atoms with E-state index in [0.29, 0.717) is 0 Å². The summed E-state index contributed by atoms with van der Waals surface area (Å²) in [5.74, 6) is 4.94. The first-order valence-electron chi connectivity index (χ1n) is 14.2. The van der Waals surface area contributed by atoms with Crippen molar-refractivity contribution in [1.29, 1.82) is 0 Å². The fraction of sp³-hybridized carbons (Fsp3) is 0.606. The van der Waals surface area contributed by atoms with Gasteiger partial charge in [-0.25, -0.2) is 0 Å². The fourth-order valence-electron chi connectivity index (χ4n) is 3.50. The van der Waals surface area contributed by atoms with Gasteiger partial charge in [0.1, 0.15) is 0 Å². The van der Waals surface area contributed by atoms with Crippen molar-refractivity contribution in [1.82, 2.24) is 0 Å². The molecule has 1 aromatic heterocycles. The molecule has 1 heteroatoms. The van der Waals surface area contributed by atoms with Gasteiger partial charge in [0.2, 0.25) is 0 Å². The molecule has 0 aliphatic rings. The minimum absolute atomic E-state index is 0.807. The van der Waals surface area contributed by atoms with Crippen molar-refractivity contribution in [2.45, 2.75) is 126 Å². The van der Waals surface area contributed by atoms with E-state index in [1.54, 1.807) is 0 Å². The molecule has 0 spiro atoms. The van der Waals surface area contributed by atoms with Gasteiger partial charge in [-0.3, -0.25) is 0 Å². The number of hydrogen-bond acceptors (Lipinski definition) is 0. The van der Waals surface area contributed by atoms with E-state index in [9.17, 15) is 0 Å². The van der Waals surface area contributed by atoms with E-state index in [1.165, 1.54) is 80.1 Å². The summed E-state index contributed by atoms with van der Waals surface area (Å²) < 4.78 is 0. The quantitative estimate of drug-likeness (QED) is 0.290.